The molecule has 0 spiro atoms. The lowest BCUT2D eigenvalue weighted by Crippen LogP contribution is -2.05. The van der Waals surface area contributed by atoms with E-state index < -0.39 is 0 Å². The Hall–Kier alpha value is -1.56. The van der Waals surface area contributed by atoms with Gasteiger partial charge in [0.05, 0.1) is 5.56 Å². The predicted molar refractivity (Wildman–Crippen MR) is 57.1 cm³/mol. The van der Waals surface area contributed by atoms with E-state index in [-0.39, 0.29) is 0 Å². The lowest BCUT2D eigenvalue weighted by molar-refractivity contribution is 0.830. The van der Waals surface area contributed by atoms with Crippen LogP contribution in [0, 0.1) is 18.3 Å². The van der Waals surface area contributed by atoms with Crippen LogP contribution in [0.1, 0.15) is 31.0 Å². The van der Waals surface area contributed by atoms with Crippen LogP contribution in [0.5, 0.6) is 0 Å². The molecule has 3 nitrogen and oxygen atoms in total. The molecule has 0 saturated carbocycles. The van der Waals surface area contributed by atoms with Crippen molar-refractivity contribution in [1.29, 1.82) is 5.26 Å². The van der Waals surface area contributed by atoms with Gasteiger partial charge in [0.1, 0.15) is 11.9 Å². The summed E-state index contributed by atoms with van der Waals surface area (Å²) in [6.07, 6.45) is 2.24. The minimum Gasteiger partial charge on any atom is -0.369 e. The first-order chi connectivity index (χ1) is 6.77. The standard InChI is InChI=1S/C11H15N3/c1-3-4-7-13-11-10(8-12)6-5-9(2)14-11/h5-6H,3-4,7H2,1-2H3,(H,13,14). The Balaban J connectivity index is 2.73. The van der Waals surface area contributed by atoms with Gasteiger partial charge in [0.25, 0.3) is 0 Å². The monoisotopic (exact) mass is 189 g/mol. The largest absolute Gasteiger partial charge is 0.369 e. The molecule has 0 aromatic carbocycles. The summed E-state index contributed by atoms with van der Waals surface area (Å²) in [4.78, 5) is 4.28. The van der Waals surface area contributed by atoms with Crippen molar-refractivity contribution in [3.8, 4) is 6.07 Å². The molecule has 0 aliphatic heterocycles. The summed E-state index contributed by atoms with van der Waals surface area (Å²) < 4.78 is 0. The van der Waals surface area contributed by atoms with E-state index >= 15 is 0 Å². The molecule has 0 fully saturated rings. The first kappa shape index (κ1) is 10.5. The molecule has 0 radical (unpaired) electrons. The number of nitrogens with zero attached hydrogens (tertiary/aromatic N) is 2. The lowest BCUT2D eigenvalue weighted by Gasteiger charge is -2.06. The predicted octanol–water partition coefficient (Wildman–Crippen LogP) is 2.47. The molecule has 1 aromatic rings. The fourth-order valence-corrected chi connectivity index (χ4v) is 1.17. The molecule has 0 amide bonds. The first-order valence-corrected chi connectivity index (χ1v) is 4.89. The van der Waals surface area contributed by atoms with Crippen LogP contribution >= 0.6 is 0 Å². The fourth-order valence-electron chi connectivity index (χ4n) is 1.17. The highest BCUT2D eigenvalue weighted by Gasteiger charge is 2.01. The van der Waals surface area contributed by atoms with Crippen LogP contribution in [-0.4, -0.2) is 11.5 Å². The molecule has 1 N–H and O–H groups in total. The van der Waals surface area contributed by atoms with Crippen LogP contribution in [0.25, 0.3) is 0 Å². The topological polar surface area (TPSA) is 48.7 Å². The van der Waals surface area contributed by atoms with Gasteiger partial charge >= 0.3 is 0 Å². The average molecular weight is 189 g/mol. The second-order valence-corrected chi connectivity index (χ2v) is 3.24. The van der Waals surface area contributed by atoms with Gasteiger partial charge in [-0.05, 0) is 25.5 Å². The van der Waals surface area contributed by atoms with Crippen LogP contribution in [0.15, 0.2) is 12.1 Å². The second-order valence-electron chi connectivity index (χ2n) is 3.24. The maximum atomic E-state index is 8.84. The molecule has 1 aromatic heterocycles. The van der Waals surface area contributed by atoms with Crippen molar-refractivity contribution in [2.75, 3.05) is 11.9 Å². The number of aromatic nitrogens is 1. The van der Waals surface area contributed by atoms with Crippen molar-refractivity contribution in [2.45, 2.75) is 26.7 Å². The SMILES string of the molecule is CCCCNc1nc(C)ccc1C#N. The van der Waals surface area contributed by atoms with Crippen LogP contribution in [0.2, 0.25) is 0 Å². The summed E-state index contributed by atoms with van der Waals surface area (Å²) in [6, 6.07) is 5.78. The molecule has 0 unspecified atom stereocenters. The van der Waals surface area contributed by atoms with Crippen molar-refractivity contribution in [1.82, 2.24) is 4.98 Å². The Kier molecular flexibility index (Phi) is 3.93. The number of aryl methyl sites for hydroxylation is 1. The highest BCUT2D eigenvalue weighted by Crippen LogP contribution is 2.11. The Morgan fingerprint density at radius 1 is 1.50 bits per heavy atom. The summed E-state index contributed by atoms with van der Waals surface area (Å²) in [5.74, 6) is 0.709. The summed E-state index contributed by atoms with van der Waals surface area (Å²) in [5, 5.41) is 12.0. The van der Waals surface area contributed by atoms with Gasteiger partial charge in [-0.1, -0.05) is 13.3 Å². The number of rotatable bonds is 4. The van der Waals surface area contributed by atoms with Gasteiger partial charge in [-0.15, -0.1) is 0 Å². The van der Waals surface area contributed by atoms with E-state index in [1.807, 2.05) is 13.0 Å². The summed E-state index contributed by atoms with van der Waals surface area (Å²) in [5.41, 5.74) is 1.55. The van der Waals surface area contributed by atoms with Gasteiger partial charge in [-0.25, -0.2) is 4.98 Å². The van der Waals surface area contributed by atoms with E-state index in [1.54, 1.807) is 6.07 Å². The van der Waals surface area contributed by atoms with Gasteiger partial charge < -0.3 is 5.32 Å². The van der Waals surface area contributed by atoms with Crippen molar-refractivity contribution in [2.24, 2.45) is 0 Å². The molecule has 14 heavy (non-hydrogen) atoms. The third-order valence-electron chi connectivity index (χ3n) is 1.98. The van der Waals surface area contributed by atoms with Crippen molar-refractivity contribution >= 4 is 5.82 Å². The van der Waals surface area contributed by atoms with Gasteiger partial charge in [0, 0.05) is 12.2 Å². The van der Waals surface area contributed by atoms with Crippen molar-refractivity contribution in [3.63, 3.8) is 0 Å². The van der Waals surface area contributed by atoms with E-state index in [2.05, 4.69) is 23.3 Å². The third-order valence-corrected chi connectivity index (χ3v) is 1.98. The molecule has 1 rings (SSSR count). The third kappa shape index (κ3) is 2.74. The molecule has 0 saturated heterocycles. The lowest BCUT2D eigenvalue weighted by atomic mass is 10.2. The van der Waals surface area contributed by atoms with Gasteiger partial charge in [0.2, 0.25) is 0 Å². The summed E-state index contributed by atoms with van der Waals surface area (Å²) >= 11 is 0. The number of nitrogens with one attached hydrogen (secondary N) is 1. The zero-order chi connectivity index (χ0) is 10.4. The molecular formula is C11H15N3. The van der Waals surface area contributed by atoms with E-state index in [0.717, 1.165) is 25.1 Å². The Morgan fingerprint density at radius 3 is 2.93 bits per heavy atom. The molecule has 0 aliphatic carbocycles. The van der Waals surface area contributed by atoms with Crippen LogP contribution < -0.4 is 5.32 Å². The van der Waals surface area contributed by atoms with E-state index in [9.17, 15) is 0 Å². The van der Waals surface area contributed by atoms with Crippen LogP contribution in [0.4, 0.5) is 5.82 Å². The zero-order valence-electron chi connectivity index (χ0n) is 8.67. The van der Waals surface area contributed by atoms with Crippen molar-refractivity contribution < 1.29 is 0 Å². The van der Waals surface area contributed by atoms with Gasteiger partial charge in [-0.2, -0.15) is 5.26 Å². The smallest absolute Gasteiger partial charge is 0.144 e. The maximum Gasteiger partial charge on any atom is 0.144 e. The number of unbranched alkanes of at least 4 members (excludes halogenated alkanes) is 1. The molecule has 1 heterocycles. The second kappa shape index (κ2) is 5.23. The highest BCUT2D eigenvalue weighted by atomic mass is 15.0. The van der Waals surface area contributed by atoms with Crippen molar-refractivity contribution in [3.05, 3.63) is 23.4 Å². The highest BCUT2D eigenvalue weighted by molar-refractivity contribution is 5.52. The Labute approximate surface area is 84.8 Å². The number of pyridine rings is 1. The minimum absolute atomic E-state index is 0.617. The molecule has 74 valence electrons. The minimum atomic E-state index is 0.617. The van der Waals surface area contributed by atoms with E-state index in [0.29, 0.717) is 11.4 Å². The van der Waals surface area contributed by atoms with Crippen LogP contribution in [0.3, 0.4) is 0 Å². The average Bonchev–Trinajstić information content (AvgIpc) is 2.19. The maximum absolute atomic E-state index is 8.84. The number of hydrogen-bond acceptors (Lipinski definition) is 3. The summed E-state index contributed by atoms with van der Waals surface area (Å²) in [7, 11) is 0. The first-order valence-electron chi connectivity index (χ1n) is 4.89. The molecule has 0 atom stereocenters. The zero-order valence-corrected chi connectivity index (χ0v) is 8.67. The Bertz CT molecular complexity index is 339. The van der Waals surface area contributed by atoms with E-state index in [1.165, 1.54) is 0 Å². The fraction of sp³-hybridized carbons (Fsp3) is 0.455. The normalized spacial score (nSPS) is 9.50. The number of anilines is 1. The summed E-state index contributed by atoms with van der Waals surface area (Å²) in [6.45, 7) is 4.93. The van der Waals surface area contributed by atoms with E-state index in [4.69, 9.17) is 5.26 Å². The molecule has 0 bridgehead atoms. The quantitative estimate of drug-likeness (QED) is 0.740. The molecule has 0 aliphatic rings. The van der Waals surface area contributed by atoms with Crippen LogP contribution in [-0.2, 0) is 0 Å². The molecule has 3 heteroatoms. The van der Waals surface area contributed by atoms with Gasteiger partial charge in [-0.3, -0.25) is 0 Å². The Morgan fingerprint density at radius 2 is 2.29 bits per heavy atom. The number of hydrogen-bond donors (Lipinski definition) is 1. The molecular weight excluding hydrogens is 174 g/mol. The number of nitriles is 1. The van der Waals surface area contributed by atoms with Gasteiger partial charge in [0.15, 0.2) is 0 Å².